The van der Waals surface area contributed by atoms with Crippen LogP contribution in [-0.4, -0.2) is 30.6 Å². The van der Waals surface area contributed by atoms with Gasteiger partial charge in [0.25, 0.3) is 0 Å². The highest BCUT2D eigenvalue weighted by molar-refractivity contribution is 14.1. The molecule has 86 valence electrons. The maximum Gasteiger partial charge on any atom is 0.119 e. The molecule has 1 aliphatic carbocycles. The molecular formula is C13H16INO. The van der Waals surface area contributed by atoms with E-state index in [-0.39, 0.29) is 0 Å². The number of hydrogen-bond donors (Lipinski definition) is 0. The minimum Gasteiger partial charge on any atom is -0.490 e. The normalized spacial score (nSPS) is 33.2. The lowest BCUT2D eigenvalue weighted by atomic mass is 10.1. The van der Waals surface area contributed by atoms with Gasteiger partial charge in [0.2, 0.25) is 0 Å². The molecule has 0 unspecified atom stereocenters. The molecule has 3 heteroatoms. The van der Waals surface area contributed by atoms with E-state index in [2.05, 4.69) is 58.8 Å². The van der Waals surface area contributed by atoms with Crippen LogP contribution in [0, 0.1) is 9.49 Å². The van der Waals surface area contributed by atoms with Crippen LogP contribution in [0.4, 0.5) is 0 Å². The van der Waals surface area contributed by atoms with Crippen LogP contribution < -0.4 is 4.74 Å². The molecule has 1 aliphatic heterocycles. The molecule has 0 amide bonds. The number of benzene rings is 1. The molecule has 1 aromatic carbocycles. The lowest BCUT2D eigenvalue weighted by molar-refractivity contribution is 0.105. The van der Waals surface area contributed by atoms with Crippen LogP contribution in [0.15, 0.2) is 24.3 Å². The minimum absolute atomic E-state index is 0.446. The van der Waals surface area contributed by atoms with E-state index < -0.39 is 0 Å². The van der Waals surface area contributed by atoms with Gasteiger partial charge < -0.3 is 9.64 Å². The van der Waals surface area contributed by atoms with Crippen LogP contribution in [0.5, 0.6) is 5.75 Å². The van der Waals surface area contributed by atoms with Crippen molar-refractivity contribution in [3.8, 4) is 5.75 Å². The fraction of sp³-hybridized carbons (Fsp3) is 0.538. The summed E-state index contributed by atoms with van der Waals surface area (Å²) in [5.74, 6) is 1.77. The van der Waals surface area contributed by atoms with Crippen LogP contribution in [0.2, 0.25) is 0 Å². The van der Waals surface area contributed by atoms with E-state index in [4.69, 9.17) is 4.74 Å². The first-order valence-electron chi connectivity index (χ1n) is 5.85. The van der Waals surface area contributed by atoms with Gasteiger partial charge in [0, 0.05) is 28.5 Å². The van der Waals surface area contributed by atoms with E-state index in [1.54, 1.807) is 0 Å². The molecule has 16 heavy (non-hydrogen) atoms. The standard InChI is InChI=1S/C13H16INO/c1-15-8-9-6-11(15)7-13(9)16-12-4-2-10(14)3-5-12/h2-5,9,11,13H,6-8H2,1H3/t9-,11-,13-/m0/s1. The second kappa shape index (κ2) is 4.18. The zero-order valence-electron chi connectivity index (χ0n) is 9.40. The summed E-state index contributed by atoms with van der Waals surface area (Å²) in [5, 5.41) is 0. The average molecular weight is 329 g/mol. The molecule has 1 heterocycles. The second-order valence-electron chi connectivity index (χ2n) is 4.94. The average Bonchev–Trinajstić information content (AvgIpc) is 2.80. The summed E-state index contributed by atoms with van der Waals surface area (Å²) in [6, 6.07) is 9.14. The summed E-state index contributed by atoms with van der Waals surface area (Å²) in [5.41, 5.74) is 0. The number of piperidine rings is 1. The first kappa shape index (κ1) is 10.8. The molecule has 0 spiro atoms. The van der Waals surface area contributed by atoms with Gasteiger partial charge in [0.1, 0.15) is 11.9 Å². The monoisotopic (exact) mass is 329 g/mol. The van der Waals surface area contributed by atoms with E-state index >= 15 is 0 Å². The van der Waals surface area contributed by atoms with Gasteiger partial charge in [-0.05, 0) is 60.3 Å². The molecule has 0 aromatic heterocycles. The number of nitrogens with zero attached hydrogens (tertiary/aromatic N) is 1. The van der Waals surface area contributed by atoms with Crippen molar-refractivity contribution in [1.29, 1.82) is 0 Å². The highest BCUT2D eigenvalue weighted by atomic mass is 127. The Kier molecular flexibility index (Phi) is 2.83. The number of ether oxygens (including phenoxy) is 1. The van der Waals surface area contributed by atoms with E-state index in [0.717, 1.165) is 17.7 Å². The summed E-state index contributed by atoms with van der Waals surface area (Å²) < 4.78 is 7.34. The predicted molar refractivity (Wildman–Crippen MR) is 72.7 cm³/mol. The molecule has 0 N–H and O–H groups in total. The SMILES string of the molecule is CN1C[C@@H]2C[C@H]1C[C@@H]2Oc1ccc(I)cc1. The molecule has 3 atom stereocenters. The van der Waals surface area contributed by atoms with Gasteiger partial charge in [-0.3, -0.25) is 0 Å². The van der Waals surface area contributed by atoms with Crippen molar-refractivity contribution in [2.24, 2.45) is 5.92 Å². The summed E-state index contributed by atoms with van der Waals surface area (Å²) in [6.45, 7) is 1.21. The summed E-state index contributed by atoms with van der Waals surface area (Å²) in [6.07, 6.45) is 2.97. The summed E-state index contributed by atoms with van der Waals surface area (Å²) >= 11 is 2.32. The van der Waals surface area contributed by atoms with Gasteiger partial charge in [-0.2, -0.15) is 0 Å². The Morgan fingerprint density at radius 3 is 2.56 bits per heavy atom. The van der Waals surface area contributed by atoms with Crippen molar-refractivity contribution in [2.45, 2.75) is 25.0 Å². The van der Waals surface area contributed by atoms with Crippen molar-refractivity contribution in [3.63, 3.8) is 0 Å². The summed E-state index contributed by atoms with van der Waals surface area (Å²) in [7, 11) is 2.23. The minimum atomic E-state index is 0.446. The second-order valence-corrected chi connectivity index (χ2v) is 6.18. The van der Waals surface area contributed by atoms with Gasteiger partial charge in [-0.1, -0.05) is 0 Å². The third-order valence-corrected chi connectivity index (χ3v) is 4.57. The van der Waals surface area contributed by atoms with Crippen molar-refractivity contribution in [2.75, 3.05) is 13.6 Å². The summed E-state index contributed by atoms with van der Waals surface area (Å²) in [4.78, 5) is 2.47. The third kappa shape index (κ3) is 1.95. The molecule has 2 fully saturated rings. The van der Waals surface area contributed by atoms with E-state index in [0.29, 0.717) is 6.10 Å². The van der Waals surface area contributed by atoms with Crippen molar-refractivity contribution >= 4 is 22.6 Å². The van der Waals surface area contributed by atoms with Crippen LogP contribution in [-0.2, 0) is 0 Å². The predicted octanol–water partition coefficient (Wildman–Crippen LogP) is 2.76. The number of hydrogen-bond acceptors (Lipinski definition) is 2. The molecule has 0 radical (unpaired) electrons. The van der Waals surface area contributed by atoms with E-state index in [1.807, 2.05) is 0 Å². The quantitative estimate of drug-likeness (QED) is 0.774. The molecule has 1 saturated heterocycles. The van der Waals surface area contributed by atoms with E-state index in [1.165, 1.54) is 23.0 Å². The highest BCUT2D eigenvalue weighted by Gasteiger charge is 2.44. The van der Waals surface area contributed by atoms with Gasteiger partial charge in [0.15, 0.2) is 0 Å². The zero-order chi connectivity index (χ0) is 11.1. The van der Waals surface area contributed by atoms with Crippen LogP contribution in [0.1, 0.15) is 12.8 Å². The Bertz CT molecular complexity index is 376. The maximum atomic E-state index is 6.08. The Labute approximate surface area is 110 Å². The van der Waals surface area contributed by atoms with Crippen molar-refractivity contribution in [3.05, 3.63) is 27.8 Å². The number of likely N-dealkylation sites (tertiary alicyclic amines) is 1. The van der Waals surface area contributed by atoms with E-state index in [9.17, 15) is 0 Å². The fourth-order valence-corrected chi connectivity index (χ4v) is 3.32. The first-order chi connectivity index (χ1) is 7.72. The van der Waals surface area contributed by atoms with Gasteiger partial charge in [-0.25, -0.2) is 0 Å². The third-order valence-electron chi connectivity index (χ3n) is 3.85. The number of fused-ring (bicyclic) bond motifs is 2. The molecule has 2 nitrogen and oxygen atoms in total. The highest BCUT2D eigenvalue weighted by Crippen LogP contribution is 2.38. The lowest BCUT2D eigenvalue weighted by Gasteiger charge is -2.28. The molecule has 3 rings (SSSR count). The molecule has 1 aromatic rings. The Balaban J connectivity index is 1.66. The van der Waals surface area contributed by atoms with Crippen LogP contribution in [0.25, 0.3) is 0 Å². The Morgan fingerprint density at radius 2 is 2.00 bits per heavy atom. The zero-order valence-corrected chi connectivity index (χ0v) is 11.6. The van der Waals surface area contributed by atoms with Gasteiger partial charge in [0.05, 0.1) is 0 Å². The molecule has 1 saturated carbocycles. The van der Waals surface area contributed by atoms with Gasteiger partial charge in [-0.15, -0.1) is 0 Å². The molecule has 2 aliphatic rings. The Hall–Kier alpha value is -0.290. The smallest absolute Gasteiger partial charge is 0.119 e. The maximum absolute atomic E-state index is 6.08. The molecule has 2 bridgehead atoms. The molecular weight excluding hydrogens is 313 g/mol. The van der Waals surface area contributed by atoms with Crippen molar-refractivity contribution < 1.29 is 4.74 Å². The largest absolute Gasteiger partial charge is 0.490 e. The fourth-order valence-electron chi connectivity index (χ4n) is 2.96. The Morgan fingerprint density at radius 1 is 1.25 bits per heavy atom. The lowest BCUT2D eigenvalue weighted by Crippen LogP contribution is -2.37. The van der Waals surface area contributed by atoms with Crippen LogP contribution in [0.3, 0.4) is 0 Å². The van der Waals surface area contributed by atoms with Crippen LogP contribution >= 0.6 is 22.6 Å². The number of halogens is 1. The van der Waals surface area contributed by atoms with Crippen molar-refractivity contribution in [1.82, 2.24) is 4.90 Å². The first-order valence-corrected chi connectivity index (χ1v) is 6.93. The van der Waals surface area contributed by atoms with Gasteiger partial charge >= 0.3 is 0 Å². The topological polar surface area (TPSA) is 12.5 Å². The number of rotatable bonds is 2.